The standard InChI is InChI=1S/C26H23NO3/c1-28-20-4-5-23-21(14-20)22(15-27-23)26(18-2-6-24-16(12-18)8-10-29-24)19-3-7-25-17(13-19)9-11-30-25/h2-7,12-15,26-27H,8-11H2,1H3. The van der Waals surface area contributed by atoms with Crippen LogP contribution in [0.1, 0.15) is 33.7 Å². The summed E-state index contributed by atoms with van der Waals surface area (Å²) in [4.78, 5) is 3.46. The van der Waals surface area contributed by atoms with Gasteiger partial charge in [0.05, 0.1) is 20.3 Å². The summed E-state index contributed by atoms with van der Waals surface area (Å²) >= 11 is 0. The molecule has 0 fully saturated rings. The molecule has 0 saturated heterocycles. The zero-order valence-corrected chi connectivity index (χ0v) is 16.9. The van der Waals surface area contributed by atoms with Gasteiger partial charge in [-0.05, 0) is 58.1 Å². The summed E-state index contributed by atoms with van der Waals surface area (Å²) < 4.78 is 17.0. The molecule has 0 bridgehead atoms. The quantitative estimate of drug-likeness (QED) is 0.513. The van der Waals surface area contributed by atoms with E-state index in [9.17, 15) is 0 Å². The molecule has 1 N–H and O–H groups in total. The SMILES string of the molecule is COc1ccc2[nH]cc(C(c3ccc4c(c3)CCO4)c3ccc4c(c3)CCO4)c2c1. The van der Waals surface area contributed by atoms with Crippen LogP contribution < -0.4 is 14.2 Å². The lowest BCUT2D eigenvalue weighted by atomic mass is 9.83. The van der Waals surface area contributed by atoms with Crippen LogP contribution in [0, 0.1) is 0 Å². The van der Waals surface area contributed by atoms with Crippen LogP contribution in [0.4, 0.5) is 0 Å². The highest BCUT2D eigenvalue weighted by molar-refractivity contribution is 5.86. The van der Waals surface area contributed by atoms with Gasteiger partial charge in [0, 0.05) is 35.9 Å². The van der Waals surface area contributed by atoms with Crippen LogP contribution in [0.2, 0.25) is 0 Å². The number of methoxy groups -OCH3 is 1. The molecule has 3 heterocycles. The molecule has 30 heavy (non-hydrogen) atoms. The molecule has 6 rings (SSSR count). The van der Waals surface area contributed by atoms with Gasteiger partial charge in [-0.2, -0.15) is 0 Å². The van der Waals surface area contributed by atoms with Gasteiger partial charge in [-0.15, -0.1) is 0 Å². The highest BCUT2D eigenvalue weighted by atomic mass is 16.5. The predicted octanol–water partition coefficient (Wildman–Crippen LogP) is 5.23. The smallest absolute Gasteiger partial charge is 0.122 e. The average Bonchev–Trinajstić information content (AvgIpc) is 3.52. The van der Waals surface area contributed by atoms with Crippen LogP contribution >= 0.6 is 0 Å². The van der Waals surface area contributed by atoms with E-state index in [1.807, 2.05) is 6.07 Å². The Kier molecular flexibility index (Phi) is 3.98. The van der Waals surface area contributed by atoms with Crippen LogP contribution in [-0.4, -0.2) is 25.3 Å². The van der Waals surface area contributed by atoms with Crippen molar-refractivity contribution in [3.63, 3.8) is 0 Å². The van der Waals surface area contributed by atoms with Crippen molar-refractivity contribution in [3.05, 3.63) is 88.6 Å². The van der Waals surface area contributed by atoms with Gasteiger partial charge in [0.1, 0.15) is 17.2 Å². The summed E-state index contributed by atoms with van der Waals surface area (Å²) in [5, 5.41) is 1.19. The van der Waals surface area contributed by atoms with Crippen LogP contribution in [0.3, 0.4) is 0 Å². The van der Waals surface area contributed by atoms with Crippen LogP contribution in [-0.2, 0) is 12.8 Å². The maximum absolute atomic E-state index is 5.75. The Balaban J connectivity index is 1.56. The molecule has 1 aromatic heterocycles. The normalized spacial score (nSPS) is 14.5. The van der Waals surface area contributed by atoms with Gasteiger partial charge < -0.3 is 19.2 Å². The van der Waals surface area contributed by atoms with E-state index in [1.54, 1.807) is 7.11 Å². The van der Waals surface area contributed by atoms with Crippen molar-refractivity contribution >= 4 is 10.9 Å². The fourth-order valence-corrected chi connectivity index (χ4v) is 4.81. The van der Waals surface area contributed by atoms with Crippen molar-refractivity contribution in [2.45, 2.75) is 18.8 Å². The maximum atomic E-state index is 5.75. The topological polar surface area (TPSA) is 43.5 Å². The van der Waals surface area contributed by atoms with E-state index in [-0.39, 0.29) is 5.92 Å². The number of benzene rings is 3. The largest absolute Gasteiger partial charge is 0.497 e. The molecule has 4 aromatic rings. The van der Waals surface area contributed by atoms with Gasteiger partial charge in [-0.3, -0.25) is 0 Å². The third kappa shape index (κ3) is 2.75. The Morgan fingerprint density at radius 1 is 0.833 bits per heavy atom. The summed E-state index contributed by atoms with van der Waals surface area (Å²) in [6, 6.07) is 19.5. The van der Waals surface area contributed by atoms with E-state index in [2.05, 4.69) is 59.7 Å². The van der Waals surface area contributed by atoms with Crippen molar-refractivity contribution in [1.29, 1.82) is 0 Å². The molecule has 2 aliphatic heterocycles. The molecule has 0 amide bonds. The molecule has 0 atom stereocenters. The molecular weight excluding hydrogens is 374 g/mol. The fraction of sp³-hybridized carbons (Fsp3) is 0.231. The first-order valence-corrected chi connectivity index (χ1v) is 10.5. The second kappa shape index (κ2) is 6.84. The maximum Gasteiger partial charge on any atom is 0.122 e. The third-order valence-corrected chi connectivity index (χ3v) is 6.33. The number of aromatic nitrogens is 1. The molecule has 4 heteroatoms. The fourth-order valence-electron chi connectivity index (χ4n) is 4.81. The second-order valence-electron chi connectivity index (χ2n) is 8.02. The van der Waals surface area contributed by atoms with Crippen molar-refractivity contribution in [1.82, 2.24) is 4.98 Å². The van der Waals surface area contributed by atoms with Crippen molar-refractivity contribution < 1.29 is 14.2 Å². The number of fused-ring (bicyclic) bond motifs is 3. The molecule has 0 saturated carbocycles. The number of hydrogen-bond acceptors (Lipinski definition) is 3. The molecule has 3 aromatic carbocycles. The molecule has 150 valence electrons. The second-order valence-corrected chi connectivity index (χ2v) is 8.02. The van der Waals surface area contributed by atoms with Crippen molar-refractivity contribution in [2.24, 2.45) is 0 Å². The third-order valence-electron chi connectivity index (χ3n) is 6.33. The predicted molar refractivity (Wildman–Crippen MR) is 117 cm³/mol. The zero-order valence-electron chi connectivity index (χ0n) is 16.9. The molecule has 4 nitrogen and oxygen atoms in total. The van der Waals surface area contributed by atoms with E-state index >= 15 is 0 Å². The average molecular weight is 397 g/mol. The van der Waals surface area contributed by atoms with Gasteiger partial charge >= 0.3 is 0 Å². The molecule has 0 radical (unpaired) electrons. The Morgan fingerprint density at radius 3 is 2.13 bits per heavy atom. The van der Waals surface area contributed by atoms with Gasteiger partial charge in [0.2, 0.25) is 0 Å². The Hall–Kier alpha value is -3.40. The van der Waals surface area contributed by atoms with Gasteiger partial charge in [-0.25, -0.2) is 0 Å². The van der Waals surface area contributed by atoms with E-state index in [1.165, 1.54) is 33.2 Å². The number of nitrogens with one attached hydrogen (secondary N) is 1. The minimum atomic E-state index is 0.114. The van der Waals surface area contributed by atoms with E-state index < -0.39 is 0 Å². The summed E-state index contributed by atoms with van der Waals surface area (Å²) in [7, 11) is 1.71. The minimum Gasteiger partial charge on any atom is -0.497 e. The molecular formula is C26H23NO3. The Morgan fingerprint density at radius 2 is 1.50 bits per heavy atom. The summed E-state index contributed by atoms with van der Waals surface area (Å²) in [6.07, 6.45) is 4.08. The molecule has 0 aliphatic carbocycles. The highest BCUT2D eigenvalue weighted by Crippen LogP contribution is 2.41. The van der Waals surface area contributed by atoms with E-state index in [4.69, 9.17) is 14.2 Å². The summed E-state index contributed by atoms with van der Waals surface area (Å²) in [6.45, 7) is 1.54. The van der Waals surface area contributed by atoms with Gasteiger partial charge in [-0.1, -0.05) is 24.3 Å². The lowest BCUT2D eigenvalue weighted by Crippen LogP contribution is -2.04. The highest BCUT2D eigenvalue weighted by Gasteiger charge is 2.25. The number of hydrogen-bond donors (Lipinski definition) is 1. The molecule has 0 spiro atoms. The van der Waals surface area contributed by atoms with Crippen molar-refractivity contribution in [3.8, 4) is 17.2 Å². The first-order chi connectivity index (χ1) is 14.8. The lowest BCUT2D eigenvalue weighted by Gasteiger charge is -2.20. The number of rotatable bonds is 4. The first kappa shape index (κ1) is 17.5. The zero-order chi connectivity index (χ0) is 20.1. The number of ether oxygens (including phenoxy) is 3. The first-order valence-electron chi connectivity index (χ1n) is 10.5. The van der Waals surface area contributed by atoms with Crippen LogP contribution in [0.15, 0.2) is 60.8 Å². The van der Waals surface area contributed by atoms with E-state index in [0.29, 0.717) is 0 Å². The lowest BCUT2D eigenvalue weighted by molar-refractivity contribution is 0.356. The Bertz CT molecular complexity index is 1200. The van der Waals surface area contributed by atoms with Crippen LogP contribution in [0.25, 0.3) is 10.9 Å². The number of aromatic amines is 1. The molecule has 2 aliphatic rings. The van der Waals surface area contributed by atoms with E-state index in [0.717, 1.165) is 48.8 Å². The van der Waals surface area contributed by atoms with Gasteiger partial charge in [0.25, 0.3) is 0 Å². The van der Waals surface area contributed by atoms with Crippen LogP contribution in [0.5, 0.6) is 17.2 Å². The monoisotopic (exact) mass is 397 g/mol. The van der Waals surface area contributed by atoms with Crippen molar-refractivity contribution in [2.75, 3.05) is 20.3 Å². The summed E-state index contributed by atoms with van der Waals surface area (Å²) in [5.41, 5.74) is 7.51. The summed E-state index contributed by atoms with van der Waals surface area (Å²) in [5.74, 6) is 3.01. The van der Waals surface area contributed by atoms with Gasteiger partial charge in [0.15, 0.2) is 0 Å². The molecule has 0 unspecified atom stereocenters. The Labute approximate surface area is 175 Å². The minimum absolute atomic E-state index is 0.114. The number of H-pyrrole nitrogens is 1.